The number of hydrogen-bond donors (Lipinski definition) is 4. The van der Waals surface area contributed by atoms with Gasteiger partial charge < -0.3 is 20.5 Å². The van der Waals surface area contributed by atoms with Gasteiger partial charge in [-0.1, -0.05) is 55.5 Å². The van der Waals surface area contributed by atoms with Crippen LogP contribution in [0.15, 0.2) is 72.8 Å². The number of rotatable bonds is 10. The molecule has 1 saturated heterocycles. The van der Waals surface area contributed by atoms with E-state index >= 15 is 0 Å². The van der Waals surface area contributed by atoms with E-state index in [1.807, 2.05) is 36.4 Å². The second-order valence-electron chi connectivity index (χ2n) is 10.4. The summed E-state index contributed by atoms with van der Waals surface area (Å²) in [5.74, 6) is -1.70. The van der Waals surface area contributed by atoms with Gasteiger partial charge in [-0.05, 0) is 59.7 Å². The molecule has 3 aromatic carbocycles. The second kappa shape index (κ2) is 12.1. The van der Waals surface area contributed by atoms with Gasteiger partial charge in [-0.15, -0.1) is 0 Å². The molecule has 1 saturated carbocycles. The quantitative estimate of drug-likeness (QED) is 0.302. The molecule has 5 rings (SSSR count). The number of carbonyl (C=O) groups is 3. The van der Waals surface area contributed by atoms with E-state index in [1.54, 1.807) is 37.3 Å². The molecule has 0 bridgehead atoms. The third-order valence-electron chi connectivity index (χ3n) is 7.61. The number of carbonyl (C=O) groups excluding carboxylic acids is 3. The third kappa shape index (κ3) is 6.23. The zero-order chi connectivity index (χ0) is 29.1. The standard InChI is InChI=1S/C31H33FN4O5/c1-18(19-6-4-3-5-7-19)28(29(38)34-25-15-12-22(16-24(25)32)20-8-9-20)36-30(39)27(35-31(36)40)21-10-13-23(14-11-21)41-17-26(37)33-2/h3-7,10-16,18,20,27-28,31,35,40H,8-9,17H2,1-2H3,(H,33,37)(H,34,38)/t18-,27+,28-,31?/m0/s1. The molecule has 0 spiro atoms. The fourth-order valence-electron chi connectivity index (χ4n) is 5.12. The van der Waals surface area contributed by atoms with E-state index in [-0.39, 0.29) is 18.2 Å². The molecule has 2 fully saturated rings. The van der Waals surface area contributed by atoms with E-state index < -0.39 is 42.0 Å². The van der Waals surface area contributed by atoms with Crippen molar-refractivity contribution in [1.82, 2.24) is 15.5 Å². The number of amides is 3. The van der Waals surface area contributed by atoms with Crippen LogP contribution in [-0.4, -0.2) is 53.8 Å². The summed E-state index contributed by atoms with van der Waals surface area (Å²) in [6.07, 6.45) is 0.577. The number of benzene rings is 3. The minimum Gasteiger partial charge on any atom is -0.484 e. The summed E-state index contributed by atoms with van der Waals surface area (Å²) in [6.45, 7) is 1.64. The van der Waals surface area contributed by atoms with Crippen LogP contribution in [0.2, 0.25) is 0 Å². The summed E-state index contributed by atoms with van der Waals surface area (Å²) in [6, 6.07) is 18.4. The van der Waals surface area contributed by atoms with Crippen LogP contribution in [0.4, 0.5) is 10.1 Å². The van der Waals surface area contributed by atoms with Crippen LogP contribution in [0.5, 0.6) is 5.75 Å². The predicted molar refractivity (Wildman–Crippen MR) is 150 cm³/mol. The molecule has 1 heterocycles. The van der Waals surface area contributed by atoms with Gasteiger partial charge in [0.15, 0.2) is 13.0 Å². The van der Waals surface area contributed by atoms with E-state index in [0.29, 0.717) is 17.2 Å². The summed E-state index contributed by atoms with van der Waals surface area (Å²) in [5, 5.41) is 19.0. The first-order chi connectivity index (χ1) is 19.8. The number of likely N-dealkylation sites (N-methyl/N-ethyl adjacent to an activating group) is 1. The van der Waals surface area contributed by atoms with Crippen LogP contribution in [-0.2, 0) is 14.4 Å². The van der Waals surface area contributed by atoms with Gasteiger partial charge in [-0.3, -0.25) is 24.6 Å². The smallest absolute Gasteiger partial charge is 0.257 e. The Morgan fingerprint density at radius 2 is 1.76 bits per heavy atom. The minimum absolute atomic E-state index is 0.0163. The van der Waals surface area contributed by atoms with Crippen molar-refractivity contribution in [3.8, 4) is 5.75 Å². The Labute approximate surface area is 237 Å². The van der Waals surface area contributed by atoms with Crippen molar-refractivity contribution in [2.75, 3.05) is 19.0 Å². The summed E-state index contributed by atoms with van der Waals surface area (Å²) >= 11 is 0. The lowest BCUT2D eigenvalue weighted by molar-refractivity contribution is -0.144. The molecule has 3 amide bonds. The van der Waals surface area contributed by atoms with Crippen molar-refractivity contribution in [2.24, 2.45) is 0 Å². The molecule has 214 valence electrons. The number of aliphatic hydroxyl groups excluding tert-OH is 1. The Hall–Kier alpha value is -4.28. The van der Waals surface area contributed by atoms with Gasteiger partial charge in [0.2, 0.25) is 11.8 Å². The molecule has 2 aliphatic rings. The average molecular weight is 561 g/mol. The zero-order valence-electron chi connectivity index (χ0n) is 22.8. The molecule has 9 nitrogen and oxygen atoms in total. The molecule has 1 aliphatic carbocycles. The van der Waals surface area contributed by atoms with Crippen LogP contribution in [0.3, 0.4) is 0 Å². The van der Waals surface area contributed by atoms with Crippen molar-refractivity contribution in [2.45, 2.75) is 50.0 Å². The highest BCUT2D eigenvalue weighted by Gasteiger charge is 2.47. The lowest BCUT2D eigenvalue weighted by Crippen LogP contribution is -2.52. The first kappa shape index (κ1) is 28.3. The number of ether oxygens (including phenoxy) is 1. The fraction of sp³-hybridized carbons (Fsp3) is 0.323. The Balaban J connectivity index is 1.39. The van der Waals surface area contributed by atoms with E-state index in [0.717, 1.165) is 28.9 Å². The lowest BCUT2D eigenvalue weighted by Gasteiger charge is -2.33. The predicted octanol–water partition coefficient (Wildman–Crippen LogP) is 3.39. The highest BCUT2D eigenvalue weighted by Crippen LogP contribution is 2.41. The molecule has 41 heavy (non-hydrogen) atoms. The lowest BCUT2D eigenvalue weighted by atomic mass is 9.91. The van der Waals surface area contributed by atoms with Crippen LogP contribution in [0, 0.1) is 5.82 Å². The summed E-state index contributed by atoms with van der Waals surface area (Å²) in [4.78, 5) is 40.1. The summed E-state index contributed by atoms with van der Waals surface area (Å²) in [5.41, 5.74) is 2.23. The van der Waals surface area contributed by atoms with Gasteiger partial charge in [0, 0.05) is 13.0 Å². The van der Waals surface area contributed by atoms with Crippen LogP contribution < -0.4 is 20.7 Å². The number of nitrogens with one attached hydrogen (secondary N) is 3. The van der Waals surface area contributed by atoms with Crippen LogP contribution in [0.25, 0.3) is 0 Å². The number of hydrogen-bond acceptors (Lipinski definition) is 6. The minimum atomic E-state index is -1.47. The topological polar surface area (TPSA) is 120 Å². The van der Waals surface area contributed by atoms with Gasteiger partial charge in [0.1, 0.15) is 23.7 Å². The van der Waals surface area contributed by atoms with Gasteiger partial charge >= 0.3 is 0 Å². The van der Waals surface area contributed by atoms with Crippen molar-refractivity contribution >= 4 is 23.4 Å². The molecule has 3 aromatic rings. The number of nitrogens with zero attached hydrogens (tertiary/aromatic N) is 1. The van der Waals surface area contributed by atoms with Crippen LogP contribution in [0.1, 0.15) is 54.3 Å². The molecule has 4 N–H and O–H groups in total. The van der Waals surface area contributed by atoms with Gasteiger partial charge in [0.25, 0.3) is 5.91 Å². The molecule has 0 radical (unpaired) electrons. The van der Waals surface area contributed by atoms with Crippen LogP contribution >= 0.6 is 0 Å². The zero-order valence-corrected chi connectivity index (χ0v) is 22.8. The Kier molecular flexibility index (Phi) is 8.32. The molecule has 1 aliphatic heterocycles. The maximum atomic E-state index is 15.0. The number of halogens is 1. The third-order valence-corrected chi connectivity index (χ3v) is 7.61. The second-order valence-corrected chi connectivity index (χ2v) is 10.4. The highest BCUT2D eigenvalue weighted by atomic mass is 19.1. The Morgan fingerprint density at radius 1 is 1.07 bits per heavy atom. The molecular formula is C31H33FN4O5. The molecule has 1 unspecified atom stereocenters. The first-order valence-electron chi connectivity index (χ1n) is 13.6. The van der Waals surface area contributed by atoms with E-state index in [1.165, 1.54) is 13.1 Å². The fourth-order valence-corrected chi connectivity index (χ4v) is 5.12. The molecule has 0 aromatic heterocycles. The molecule has 4 atom stereocenters. The SMILES string of the molecule is CNC(=O)COc1ccc([C@H]2NC(O)N([C@H](C(=O)Nc3ccc(C4CC4)cc3F)[C@@H](C)c3ccccc3)C2=O)cc1. The van der Waals surface area contributed by atoms with E-state index in [9.17, 15) is 23.9 Å². The van der Waals surface area contributed by atoms with Crippen molar-refractivity contribution < 1.29 is 28.6 Å². The normalized spacial score (nSPS) is 19.9. The highest BCUT2D eigenvalue weighted by molar-refractivity contribution is 5.99. The molecular weight excluding hydrogens is 527 g/mol. The van der Waals surface area contributed by atoms with Gasteiger partial charge in [0.05, 0.1) is 5.69 Å². The number of aliphatic hydroxyl groups is 1. The van der Waals surface area contributed by atoms with Gasteiger partial charge in [-0.25, -0.2) is 4.39 Å². The van der Waals surface area contributed by atoms with E-state index in [2.05, 4.69) is 16.0 Å². The first-order valence-corrected chi connectivity index (χ1v) is 13.6. The maximum Gasteiger partial charge on any atom is 0.257 e. The summed E-state index contributed by atoms with van der Waals surface area (Å²) < 4.78 is 20.4. The van der Waals surface area contributed by atoms with Crippen molar-refractivity contribution in [3.63, 3.8) is 0 Å². The monoisotopic (exact) mass is 560 g/mol. The largest absolute Gasteiger partial charge is 0.484 e. The average Bonchev–Trinajstić information content (AvgIpc) is 3.80. The van der Waals surface area contributed by atoms with Gasteiger partial charge in [-0.2, -0.15) is 0 Å². The maximum absolute atomic E-state index is 15.0. The van der Waals surface area contributed by atoms with E-state index in [4.69, 9.17) is 4.74 Å². The Bertz CT molecular complexity index is 1410. The van der Waals surface area contributed by atoms with Crippen molar-refractivity contribution in [1.29, 1.82) is 0 Å². The number of anilines is 1. The Morgan fingerprint density at radius 3 is 2.39 bits per heavy atom. The summed E-state index contributed by atoms with van der Waals surface area (Å²) in [7, 11) is 1.51. The molecule has 10 heteroatoms. The van der Waals surface area contributed by atoms with Crippen molar-refractivity contribution in [3.05, 3.63) is 95.3 Å².